The number of halogens is 3. The van der Waals surface area contributed by atoms with Gasteiger partial charge in [-0.15, -0.1) is 23.1 Å². The number of thiazole rings is 1. The number of amides is 1. The van der Waals surface area contributed by atoms with Gasteiger partial charge in [-0.25, -0.2) is 4.98 Å². The Morgan fingerprint density at radius 1 is 1.33 bits per heavy atom. The largest absolute Gasteiger partial charge is 0.416 e. The van der Waals surface area contributed by atoms with Crippen molar-refractivity contribution in [2.24, 2.45) is 0 Å². The topological polar surface area (TPSA) is 65.8 Å². The lowest BCUT2D eigenvalue weighted by Crippen LogP contribution is -2.13. The highest BCUT2D eigenvalue weighted by Crippen LogP contribution is 2.29. The average Bonchev–Trinajstić information content (AvgIpc) is 2.94. The smallest absolute Gasteiger partial charge is 0.301 e. The molecule has 0 spiro atoms. The molecule has 1 amide bonds. The maximum atomic E-state index is 12.5. The van der Waals surface area contributed by atoms with Crippen LogP contribution in [0.3, 0.4) is 0 Å². The molecule has 126 valence electrons. The van der Waals surface area contributed by atoms with Crippen molar-refractivity contribution < 1.29 is 18.0 Å². The van der Waals surface area contributed by atoms with Gasteiger partial charge in [0.15, 0.2) is 5.13 Å². The Hall–Kier alpha value is -2.05. The van der Waals surface area contributed by atoms with Crippen LogP contribution in [0.5, 0.6) is 0 Å². The minimum atomic E-state index is -4.34. The minimum absolute atomic E-state index is 0.168. The summed E-state index contributed by atoms with van der Waals surface area (Å²) in [5.74, 6) is 0.164. The van der Waals surface area contributed by atoms with Crippen molar-refractivity contribution in [3.63, 3.8) is 0 Å². The van der Waals surface area contributed by atoms with Crippen LogP contribution in [0.25, 0.3) is 0 Å². The van der Waals surface area contributed by atoms with Crippen LogP contribution in [0.15, 0.2) is 30.5 Å². The van der Waals surface area contributed by atoms with Crippen molar-refractivity contribution in [1.29, 1.82) is 5.26 Å². The van der Waals surface area contributed by atoms with Crippen LogP contribution >= 0.6 is 23.1 Å². The van der Waals surface area contributed by atoms with Crippen LogP contribution in [0.1, 0.15) is 16.0 Å². The molecule has 1 N–H and O–H groups in total. The summed E-state index contributed by atoms with van der Waals surface area (Å²) in [6.45, 7) is 0. The van der Waals surface area contributed by atoms with E-state index in [0.29, 0.717) is 11.6 Å². The molecule has 0 unspecified atom stereocenters. The number of carbonyl (C=O) groups excluding carboxylic acids is 1. The summed E-state index contributed by atoms with van der Waals surface area (Å²) in [4.78, 5) is 16.5. The Balaban J connectivity index is 1.92. The number of anilines is 1. The molecule has 1 heterocycles. The molecule has 0 aliphatic rings. The SMILES string of the molecule is N#CCSCC(=O)Nc1ncc(Cc2ccc(C(F)(F)F)cc2)s1. The third kappa shape index (κ3) is 5.54. The lowest BCUT2D eigenvalue weighted by atomic mass is 10.1. The molecule has 2 aromatic rings. The molecule has 2 rings (SSSR count). The maximum Gasteiger partial charge on any atom is 0.416 e. The summed E-state index contributed by atoms with van der Waals surface area (Å²) < 4.78 is 37.5. The first kappa shape index (κ1) is 18.3. The van der Waals surface area contributed by atoms with Crippen molar-refractivity contribution in [1.82, 2.24) is 4.98 Å². The number of carbonyl (C=O) groups is 1. The van der Waals surface area contributed by atoms with Crippen molar-refractivity contribution in [2.45, 2.75) is 12.6 Å². The van der Waals surface area contributed by atoms with Gasteiger partial charge in [0, 0.05) is 17.5 Å². The third-order valence-corrected chi connectivity index (χ3v) is 4.57. The zero-order valence-electron chi connectivity index (χ0n) is 12.3. The van der Waals surface area contributed by atoms with E-state index in [-0.39, 0.29) is 17.4 Å². The van der Waals surface area contributed by atoms with Gasteiger partial charge in [-0.05, 0) is 17.7 Å². The van der Waals surface area contributed by atoms with Gasteiger partial charge in [0.05, 0.1) is 23.1 Å². The van der Waals surface area contributed by atoms with E-state index in [4.69, 9.17) is 5.26 Å². The molecule has 0 bridgehead atoms. The summed E-state index contributed by atoms with van der Waals surface area (Å²) in [6, 6.07) is 6.89. The van der Waals surface area contributed by atoms with Crippen molar-refractivity contribution in [2.75, 3.05) is 16.8 Å². The number of rotatable bonds is 6. The first-order valence-electron chi connectivity index (χ1n) is 6.74. The summed E-state index contributed by atoms with van der Waals surface area (Å²) >= 11 is 2.47. The van der Waals surface area contributed by atoms with Crippen LogP contribution in [0.4, 0.5) is 18.3 Å². The number of benzene rings is 1. The molecule has 9 heteroatoms. The van der Waals surface area contributed by atoms with E-state index in [0.717, 1.165) is 22.6 Å². The molecule has 4 nitrogen and oxygen atoms in total. The average molecular weight is 371 g/mol. The van der Waals surface area contributed by atoms with Gasteiger partial charge in [-0.3, -0.25) is 4.79 Å². The van der Waals surface area contributed by atoms with E-state index in [2.05, 4.69) is 10.3 Å². The highest BCUT2D eigenvalue weighted by Gasteiger charge is 2.29. The Morgan fingerprint density at radius 2 is 2.04 bits per heavy atom. The molecule has 1 aromatic heterocycles. The molecular formula is C15H12F3N3OS2. The highest BCUT2D eigenvalue weighted by atomic mass is 32.2. The van der Waals surface area contributed by atoms with Crippen molar-refractivity contribution in [3.8, 4) is 6.07 Å². The monoisotopic (exact) mass is 371 g/mol. The molecular weight excluding hydrogens is 359 g/mol. The summed E-state index contributed by atoms with van der Waals surface area (Å²) in [7, 11) is 0. The standard InChI is InChI=1S/C15H12F3N3OS2/c16-15(17,18)11-3-1-10(2-4-11)7-12-8-20-14(24-12)21-13(22)9-23-6-5-19/h1-4,8H,6-7,9H2,(H,20,21,22). The number of hydrogen-bond acceptors (Lipinski definition) is 5. The van der Waals surface area contributed by atoms with Crippen LogP contribution in [0, 0.1) is 11.3 Å². The zero-order valence-corrected chi connectivity index (χ0v) is 13.9. The van der Waals surface area contributed by atoms with Gasteiger partial charge in [-0.2, -0.15) is 18.4 Å². The lowest BCUT2D eigenvalue weighted by Gasteiger charge is -2.06. The van der Waals surface area contributed by atoms with Gasteiger partial charge in [0.2, 0.25) is 5.91 Å². The quantitative estimate of drug-likeness (QED) is 0.781. The van der Waals surface area contributed by atoms with Crippen LogP contribution in [-0.2, 0) is 17.4 Å². The second kappa shape index (κ2) is 8.17. The van der Waals surface area contributed by atoms with E-state index in [9.17, 15) is 18.0 Å². The second-order valence-electron chi connectivity index (χ2n) is 4.70. The molecule has 0 fully saturated rings. The fourth-order valence-electron chi connectivity index (χ4n) is 1.80. The Bertz CT molecular complexity index is 736. The predicted molar refractivity (Wildman–Crippen MR) is 87.9 cm³/mol. The van der Waals surface area contributed by atoms with Gasteiger partial charge < -0.3 is 5.32 Å². The van der Waals surface area contributed by atoms with E-state index >= 15 is 0 Å². The fraction of sp³-hybridized carbons (Fsp3) is 0.267. The molecule has 0 saturated heterocycles. The van der Waals surface area contributed by atoms with Gasteiger partial charge >= 0.3 is 6.18 Å². The second-order valence-corrected chi connectivity index (χ2v) is 6.80. The van der Waals surface area contributed by atoms with E-state index < -0.39 is 11.7 Å². The molecule has 24 heavy (non-hydrogen) atoms. The Labute approximate surface area is 144 Å². The molecule has 0 saturated carbocycles. The first-order chi connectivity index (χ1) is 11.4. The molecule has 0 aliphatic carbocycles. The molecule has 0 aliphatic heterocycles. The van der Waals surface area contributed by atoms with Crippen LogP contribution in [-0.4, -0.2) is 22.4 Å². The van der Waals surface area contributed by atoms with E-state index in [1.54, 1.807) is 6.20 Å². The van der Waals surface area contributed by atoms with Gasteiger partial charge in [-0.1, -0.05) is 12.1 Å². The maximum absolute atomic E-state index is 12.5. The van der Waals surface area contributed by atoms with Crippen LogP contribution < -0.4 is 5.32 Å². The number of nitrogens with one attached hydrogen (secondary N) is 1. The van der Waals surface area contributed by atoms with Gasteiger partial charge in [0.25, 0.3) is 0 Å². The van der Waals surface area contributed by atoms with Gasteiger partial charge in [0.1, 0.15) is 0 Å². The number of nitriles is 1. The predicted octanol–water partition coefficient (Wildman–Crippen LogP) is 3.95. The summed E-state index contributed by atoms with van der Waals surface area (Å²) in [5.41, 5.74) is 0.0486. The Morgan fingerprint density at radius 3 is 2.67 bits per heavy atom. The fourth-order valence-corrected chi connectivity index (χ4v) is 3.12. The van der Waals surface area contributed by atoms with Crippen molar-refractivity contribution >= 4 is 34.1 Å². The molecule has 1 aromatic carbocycles. The highest BCUT2D eigenvalue weighted by molar-refractivity contribution is 8.00. The number of hydrogen-bond donors (Lipinski definition) is 1. The number of nitrogens with zero attached hydrogens (tertiary/aromatic N) is 2. The minimum Gasteiger partial charge on any atom is -0.301 e. The third-order valence-electron chi connectivity index (χ3n) is 2.86. The first-order valence-corrected chi connectivity index (χ1v) is 8.71. The molecule has 0 atom stereocenters. The lowest BCUT2D eigenvalue weighted by molar-refractivity contribution is -0.137. The number of thioether (sulfide) groups is 1. The van der Waals surface area contributed by atoms with Crippen LogP contribution in [0.2, 0.25) is 0 Å². The molecule has 0 radical (unpaired) electrons. The normalized spacial score (nSPS) is 11.1. The Kier molecular flexibility index (Phi) is 6.23. The van der Waals surface area contributed by atoms with E-state index in [1.165, 1.54) is 35.2 Å². The summed E-state index contributed by atoms with van der Waals surface area (Å²) in [6.07, 6.45) is -2.32. The number of alkyl halides is 3. The summed E-state index contributed by atoms with van der Waals surface area (Å²) in [5, 5.41) is 11.5. The number of aromatic nitrogens is 1. The zero-order chi connectivity index (χ0) is 17.6. The van der Waals surface area contributed by atoms with E-state index in [1.807, 2.05) is 6.07 Å². The van der Waals surface area contributed by atoms with Crippen molar-refractivity contribution in [3.05, 3.63) is 46.5 Å².